The normalized spacial score (nSPS) is 17.9. The second-order valence-corrected chi connectivity index (χ2v) is 9.86. The monoisotopic (exact) mass is 481 g/mol. The van der Waals surface area contributed by atoms with E-state index in [9.17, 15) is 9.18 Å². The van der Waals surface area contributed by atoms with Crippen LogP contribution < -0.4 is 15.4 Å². The number of nitrogens with zero attached hydrogens (tertiary/aromatic N) is 1. The molecule has 5 nitrogen and oxygen atoms in total. The predicted molar refractivity (Wildman–Crippen MR) is 139 cm³/mol. The second kappa shape index (κ2) is 9.03. The lowest BCUT2D eigenvalue weighted by molar-refractivity contribution is 0.0930. The van der Waals surface area contributed by atoms with Gasteiger partial charge in [-0.15, -0.1) is 0 Å². The van der Waals surface area contributed by atoms with E-state index in [1.54, 1.807) is 18.3 Å². The summed E-state index contributed by atoms with van der Waals surface area (Å²) in [5.41, 5.74) is 4.82. The van der Waals surface area contributed by atoms with Crippen LogP contribution in [-0.2, 0) is 5.54 Å². The first-order valence-electron chi connectivity index (χ1n) is 12.5. The third-order valence-electron chi connectivity index (χ3n) is 7.35. The van der Waals surface area contributed by atoms with E-state index in [4.69, 9.17) is 4.74 Å². The molecule has 6 rings (SSSR count). The number of nitrogens with one attached hydrogen (secondary N) is 2. The summed E-state index contributed by atoms with van der Waals surface area (Å²) >= 11 is 0. The molecule has 6 heteroatoms. The number of benzene rings is 3. The zero-order valence-electron chi connectivity index (χ0n) is 20.2. The van der Waals surface area contributed by atoms with Crippen LogP contribution in [-0.4, -0.2) is 30.1 Å². The van der Waals surface area contributed by atoms with Crippen LogP contribution in [0, 0.1) is 12.7 Å². The maximum absolute atomic E-state index is 13.5. The summed E-state index contributed by atoms with van der Waals surface area (Å²) in [5.74, 6) is 0.327. The Labute approximate surface area is 209 Å². The zero-order chi connectivity index (χ0) is 24.7. The van der Waals surface area contributed by atoms with E-state index >= 15 is 0 Å². The average molecular weight is 482 g/mol. The summed E-state index contributed by atoms with van der Waals surface area (Å²) in [7, 11) is 0. The summed E-state index contributed by atoms with van der Waals surface area (Å²) < 4.78 is 19.5. The van der Waals surface area contributed by atoms with Crippen LogP contribution in [0.4, 0.5) is 4.39 Å². The Hall–Kier alpha value is -3.77. The third-order valence-corrected chi connectivity index (χ3v) is 7.35. The van der Waals surface area contributed by atoms with Crippen LogP contribution in [0.2, 0.25) is 0 Å². The predicted octanol–water partition coefficient (Wildman–Crippen LogP) is 5.51. The van der Waals surface area contributed by atoms with Gasteiger partial charge in [0, 0.05) is 23.2 Å². The molecule has 0 spiro atoms. The number of pyridine rings is 1. The van der Waals surface area contributed by atoms with Crippen molar-refractivity contribution in [3.8, 4) is 16.9 Å². The van der Waals surface area contributed by atoms with Gasteiger partial charge in [-0.1, -0.05) is 24.3 Å². The molecule has 2 N–H and O–H groups in total. The van der Waals surface area contributed by atoms with Crippen molar-refractivity contribution in [1.29, 1.82) is 0 Å². The first-order chi connectivity index (χ1) is 17.5. The zero-order valence-corrected chi connectivity index (χ0v) is 20.2. The molecule has 4 aromatic rings. The van der Waals surface area contributed by atoms with Crippen LogP contribution in [0.3, 0.4) is 0 Å². The summed E-state index contributed by atoms with van der Waals surface area (Å²) in [4.78, 5) is 18.1. The first kappa shape index (κ1) is 22.7. The minimum absolute atomic E-state index is 0.110. The van der Waals surface area contributed by atoms with Crippen molar-refractivity contribution in [3.05, 3.63) is 95.4 Å². The van der Waals surface area contributed by atoms with Crippen molar-refractivity contribution in [2.75, 3.05) is 13.2 Å². The second-order valence-electron chi connectivity index (χ2n) is 9.86. The molecule has 0 radical (unpaired) electrons. The molecule has 1 amide bonds. The van der Waals surface area contributed by atoms with E-state index < -0.39 is 5.54 Å². The van der Waals surface area contributed by atoms with Gasteiger partial charge in [-0.3, -0.25) is 9.78 Å². The van der Waals surface area contributed by atoms with Crippen LogP contribution in [0.5, 0.6) is 5.75 Å². The van der Waals surface area contributed by atoms with Gasteiger partial charge in [0.25, 0.3) is 5.91 Å². The Morgan fingerprint density at radius 3 is 2.64 bits per heavy atom. The van der Waals surface area contributed by atoms with Gasteiger partial charge in [-0.2, -0.15) is 0 Å². The number of aryl methyl sites for hydroxylation is 1. The molecule has 1 aliphatic heterocycles. The number of rotatable bonds is 7. The number of amides is 1. The molecule has 2 fully saturated rings. The average Bonchev–Trinajstić information content (AvgIpc) is 3.64. The maximum atomic E-state index is 13.5. The van der Waals surface area contributed by atoms with E-state index in [0.29, 0.717) is 24.0 Å². The molecule has 1 aromatic heterocycles. The molecule has 1 saturated heterocycles. The molecule has 0 bridgehead atoms. The van der Waals surface area contributed by atoms with Gasteiger partial charge in [0.2, 0.25) is 0 Å². The van der Waals surface area contributed by atoms with E-state index in [-0.39, 0.29) is 11.7 Å². The standard InChI is InChI=1S/C30H28FN3O2/c1-19-4-9-24(36-18-23-10-14-32-23)17-26(19)29(35)34-30(11-12-30)27-15-21(20-5-7-22(31)8-6-20)16-28-25(27)3-2-13-33-28/h2-9,13,15-17,23,32H,10-12,14,18H2,1H3,(H,34,35)/t23-/m0/s1. The molecular weight excluding hydrogens is 453 g/mol. The van der Waals surface area contributed by atoms with E-state index in [0.717, 1.165) is 59.0 Å². The lowest BCUT2D eigenvalue weighted by atomic mass is 9.93. The Morgan fingerprint density at radius 2 is 1.92 bits per heavy atom. The van der Waals surface area contributed by atoms with Crippen molar-refractivity contribution in [1.82, 2.24) is 15.6 Å². The number of aromatic nitrogens is 1. The molecule has 2 aliphatic rings. The Morgan fingerprint density at radius 1 is 1.11 bits per heavy atom. The van der Waals surface area contributed by atoms with Crippen molar-refractivity contribution in [2.24, 2.45) is 0 Å². The topological polar surface area (TPSA) is 63.2 Å². The maximum Gasteiger partial charge on any atom is 0.252 e. The lowest BCUT2D eigenvalue weighted by Gasteiger charge is -2.27. The molecule has 1 aliphatic carbocycles. The number of carbonyl (C=O) groups excluding carboxylic acids is 1. The van der Waals surface area contributed by atoms with Crippen molar-refractivity contribution in [2.45, 2.75) is 37.8 Å². The minimum Gasteiger partial charge on any atom is -0.492 e. The van der Waals surface area contributed by atoms with Crippen LogP contribution in [0.1, 0.15) is 40.7 Å². The number of hydrogen-bond acceptors (Lipinski definition) is 4. The van der Waals surface area contributed by atoms with Crippen LogP contribution in [0.15, 0.2) is 72.9 Å². The number of hydrogen-bond donors (Lipinski definition) is 2. The van der Waals surface area contributed by atoms with Crippen molar-refractivity contribution >= 4 is 16.8 Å². The van der Waals surface area contributed by atoms with Gasteiger partial charge >= 0.3 is 0 Å². The molecular formula is C30H28FN3O2. The largest absolute Gasteiger partial charge is 0.492 e. The van der Waals surface area contributed by atoms with Crippen molar-refractivity contribution < 1.29 is 13.9 Å². The van der Waals surface area contributed by atoms with Gasteiger partial charge in [0.1, 0.15) is 18.2 Å². The molecule has 2 heterocycles. The van der Waals surface area contributed by atoms with Gasteiger partial charge in [0.05, 0.1) is 11.1 Å². The molecule has 3 aromatic carbocycles. The highest BCUT2D eigenvalue weighted by molar-refractivity contribution is 5.98. The van der Waals surface area contributed by atoms with Gasteiger partial charge in [0.15, 0.2) is 0 Å². The number of fused-ring (bicyclic) bond motifs is 1. The smallest absolute Gasteiger partial charge is 0.252 e. The quantitative estimate of drug-likeness (QED) is 0.365. The Balaban J connectivity index is 1.32. The summed E-state index contributed by atoms with van der Waals surface area (Å²) in [6.07, 6.45) is 4.57. The van der Waals surface area contributed by atoms with E-state index in [1.807, 2.05) is 43.3 Å². The number of carbonyl (C=O) groups is 1. The van der Waals surface area contributed by atoms with Gasteiger partial charge < -0.3 is 15.4 Å². The molecule has 0 unspecified atom stereocenters. The van der Waals surface area contributed by atoms with E-state index in [2.05, 4.69) is 21.7 Å². The fourth-order valence-electron chi connectivity index (χ4n) is 4.88. The minimum atomic E-state index is -0.465. The molecule has 182 valence electrons. The first-order valence-corrected chi connectivity index (χ1v) is 12.5. The fourth-order valence-corrected chi connectivity index (χ4v) is 4.88. The number of halogens is 1. The van der Waals surface area contributed by atoms with Crippen molar-refractivity contribution in [3.63, 3.8) is 0 Å². The van der Waals surface area contributed by atoms with Crippen LogP contribution >= 0.6 is 0 Å². The van der Waals surface area contributed by atoms with Crippen LogP contribution in [0.25, 0.3) is 22.0 Å². The van der Waals surface area contributed by atoms with E-state index in [1.165, 1.54) is 12.1 Å². The molecule has 36 heavy (non-hydrogen) atoms. The van der Waals surface area contributed by atoms with Gasteiger partial charge in [-0.05, 0) is 97.4 Å². The summed E-state index contributed by atoms with van der Waals surface area (Å²) in [6.45, 7) is 3.58. The summed E-state index contributed by atoms with van der Waals surface area (Å²) in [6, 6.07) is 20.7. The highest BCUT2D eigenvalue weighted by Crippen LogP contribution is 2.49. The Kier molecular flexibility index (Phi) is 5.69. The highest BCUT2D eigenvalue weighted by Gasteiger charge is 2.47. The summed E-state index contributed by atoms with van der Waals surface area (Å²) in [5, 5.41) is 7.68. The van der Waals surface area contributed by atoms with Gasteiger partial charge in [-0.25, -0.2) is 4.39 Å². The lowest BCUT2D eigenvalue weighted by Crippen LogP contribution is -2.46. The highest BCUT2D eigenvalue weighted by atomic mass is 19.1. The third kappa shape index (κ3) is 4.33. The molecule has 1 atom stereocenters. The fraction of sp³-hybridized carbons (Fsp3) is 0.267. The molecule has 1 saturated carbocycles. The Bertz CT molecular complexity index is 1440. The number of ether oxygens (including phenoxy) is 1. The SMILES string of the molecule is Cc1ccc(OC[C@@H]2CCN2)cc1C(=O)NC1(c2cc(-c3ccc(F)cc3)cc3ncccc23)CC1.